The summed E-state index contributed by atoms with van der Waals surface area (Å²) in [5.74, 6) is -1.24. The van der Waals surface area contributed by atoms with Crippen LogP contribution >= 0.6 is 11.6 Å². The van der Waals surface area contributed by atoms with Crippen molar-refractivity contribution < 1.29 is 22.4 Å². The third-order valence-electron chi connectivity index (χ3n) is 4.74. The number of nitrogens with zero attached hydrogens (tertiary/aromatic N) is 4. The fourth-order valence-electron chi connectivity index (χ4n) is 3.14. The van der Waals surface area contributed by atoms with Gasteiger partial charge in [-0.1, -0.05) is 11.6 Å². The number of carbonyl (C=O) groups excluding carboxylic acids is 1. The number of nitriles is 1. The number of amides is 1. The Hall–Kier alpha value is -2.86. The van der Waals surface area contributed by atoms with Gasteiger partial charge in [-0.25, -0.2) is 9.37 Å². The number of pyridine rings is 1. The molecule has 1 aromatic carbocycles. The molecule has 10 heteroatoms. The lowest BCUT2D eigenvalue weighted by Crippen LogP contribution is -2.57. The van der Waals surface area contributed by atoms with Crippen molar-refractivity contribution in [1.29, 1.82) is 5.26 Å². The lowest BCUT2D eigenvalue weighted by molar-refractivity contribution is -0.137. The summed E-state index contributed by atoms with van der Waals surface area (Å²) in [4.78, 5) is 19.6. The zero-order valence-electron chi connectivity index (χ0n) is 15.4. The van der Waals surface area contributed by atoms with Gasteiger partial charge < -0.3 is 9.80 Å². The molecule has 1 aromatic heterocycles. The van der Waals surface area contributed by atoms with E-state index in [1.807, 2.05) is 0 Å². The molecule has 2 aromatic rings. The molecule has 0 radical (unpaired) electrons. The van der Waals surface area contributed by atoms with Gasteiger partial charge in [0.25, 0.3) is 0 Å². The summed E-state index contributed by atoms with van der Waals surface area (Å²) < 4.78 is 53.4. The largest absolute Gasteiger partial charge is 0.417 e. The Morgan fingerprint density at radius 2 is 2.07 bits per heavy atom. The molecular weight excluding hydrogens is 412 g/mol. The topological polar surface area (TPSA) is 60.2 Å². The summed E-state index contributed by atoms with van der Waals surface area (Å²) in [6, 6.07) is 5.35. The average Bonchev–Trinajstić information content (AvgIpc) is 2.61. The molecule has 0 bridgehead atoms. The highest BCUT2D eigenvalue weighted by atomic mass is 35.5. The van der Waals surface area contributed by atoms with Crippen LogP contribution < -0.4 is 9.80 Å². The first-order valence-electron chi connectivity index (χ1n) is 8.52. The molecule has 5 nitrogen and oxygen atoms in total. The van der Waals surface area contributed by atoms with Gasteiger partial charge in [0.2, 0.25) is 5.91 Å². The van der Waals surface area contributed by atoms with Gasteiger partial charge in [-0.05, 0) is 37.6 Å². The van der Waals surface area contributed by atoms with E-state index in [0.29, 0.717) is 12.1 Å². The molecule has 29 heavy (non-hydrogen) atoms. The summed E-state index contributed by atoms with van der Waals surface area (Å²) in [7, 11) is 1.46. The van der Waals surface area contributed by atoms with E-state index in [2.05, 4.69) is 4.98 Å². The highest BCUT2D eigenvalue weighted by Crippen LogP contribution is 2.38. The summed E-state index contributed by atoms with van der Waals surface area (Å²) in [6.45, 7) is 1.67. The highest BCUT2D eigenvalue weighted by molar-refractivity contribution is 6.31. The number of hydrogen-bond donors (Lipinski definition) is 0. The highest BCUT2D eigenvalue weighted by Gasteiger charge is 2.42. The van der Waals surface area contributed by atoms with Gasteiger partial charge in [0.05, 0.1) is 10.6 Å². The van der Waals surface area contributed by atoms with E-state index in [4.69, 9.17) is 11.6 Å². The molecule has 0 aliphatic carbocycles. The molecule has 1 aliphatic heterocycles. The van der Waals surface area contributed by atoms with Crippen molar-refractivity contribution in [3.05, 3.63) is 51.9 Å². The SMILES string of the molecule is Cc1cc(C(F)(F)F)c(C#N)c(N2CC[C@H]2C(=O)N(C)c2ccc(F)c(Cl)c2)n1. The maximum Gasteiger partial charge on any atom is 0.417 e. The average molecular weight is 427 g/mol. The minimum atomic E-state index is -4.72. The molecule has 2 heterocycles. The fraction of sp³-hybridized carbons (Fsp3) is 0.316. The summed E-state index contributed by atoms with van der Waals surface area (Å²) >= 11 is 5.76. The molecular formula is C19H15ClF4N4O. The summed E-state index contributed by atoms with van der Waals surface area (Å²) in [5.41, 5.74) is -1.28. The number of likely N-dealkylation sites (N-methyl/N-ethyl adjacent to an activating group) is 1. The zero-order valence-corrected chi connectivity index (χ0v) is 16.1. The maximum atomic E-state index is 13.4. The standard InChI is InChI=1S/C19H15ClF4N4O/c1-10-7-13(19(22,23)24)12(9-25)17(26-10)28-6-5-16(28)18(29)27(2)11-3-4-15(21)14(20)8-11/h3-4,7-8,16H,5-6H2,1-2H3/t16-/m0/s1. The van der Waals surface area contributed by atoms with Crippen molar-refractivity contribution >= 4 is 29.0 Å². The van der Waals surface area contributed by atoms with Crippen molar-refractivity contribution in [2.45, 2.75) is 25.6 Å². The van der Waals surface area contributed by atoms with Crippen LogP contribution in [-0.4, -0.2) is 30.5 Å². The van der Waals surface area contributed by atoms with Crippen molar-refractivity contribution in [3.8, 4) is 6.07 Å². The minimum Gasteiger partial charge on any atom is -0.343 e. The predicted molar refractivity (Wildman–Crippen MR) is 99.3 cm³/mol. The van der Waals surface area contributed by atoms with Crippen LogP contribution in [-0.2, 0) is 11.0 Å². The Kier molecular flexibility index (Phi) is 5.41. The van der Waals surface area contributed by atoms with Crippen LogP contribution in [0.1, 0.15) is 23.2 Å². The number of halogens is 5. The van der Waals surface area contributed by atoms with Gasteiger partial charge in [0.1, 0.15) is 29.3 Å². The van der Waals surface area contributed by atoms with Crippen molar-refractivity contribution in [3.63, 3.8) is 0 Å². The van der Waals surface area contributed by atoms with Gasteiger partial charge in [-0.15, -0.1) is 0 Å². The molecule has 1 aliphatic rings. The third kappa shape index (κ3) is 3.85. The Balaban J connectivity index is 1.94. The van der Waals surface area contributed by atoms with Gasteiger partial charge in [-0.3, -0.25) is 4.79 Å². The van der Waals surface area contributed by atoms with Crippen LogP contribution in [0.15, 0.2) is 24.3 Å². The zero-order chi connectivity index (χ0) is 21.5. The van der Waals surface area contributed by atoms with Crippen molar-refractivity contribution in [1.82, 2.24) is 4.98 Å². The van der Waals surface area contributed by atoms with Gasteiger partial charge in [-0.2, -0.15) is 18.4 Å². The van der Waals surface area contributed by atoms with E-state index in [9.17, 15) is 27.6 Å². The Labute approximate surface area is 169 Å². The molecule has 1 saturated heterocycles. The van der Waals surface area contributed by atoms with Crippen LogP contribution in [0.2, 0.25) is 5.02 Å². The van der Waals surface area contributed by atoms with Crippen molar-refractivity contribution in [2.75, 3.05) is 23.4 Å². The molecule has 0 N–H and O–H groups in total. The summed E-state index contributed by atoms with van der Waals surface area (Å²) in [5, 5.41) is 9.17. The first-order valence-corrected chi connectivity index (χ1v) is 8.90. The van der Waals surface area contributed by atoms with E-state index in [1.54, 1.807) is 6.07 Å². The lowest BCUT2D eigenvalue weighted by atomic mass is 9.98. The smallest absolute Gasteiger partial charge is 0.343 e. The molecule has 1 fully saturated rings. The van der Waals surface area contributed by atoms with E-state index in [0.717, 1.165) is 12.1 Å². The lowest BCUT2D eigenvalue weighted by Gasteiger charge is -2.43. The van der Waals surface area contributed by atoms with E-state index >= 15 is 0 Å². The van der Waals surface area contributed by atoms with Crippen LogP contribution in [0.4, 0.5) is 29.1 Å². The number of alkyl halides is 3. The quantitative estimate of drug-likeness (QED) is 0.686. The maximum absolute atomic E-state index is 13.4. The molecule has 0 saturated carbocycles. The first kappa shape index (κ1) is 20.9. The van der Waals surface area contributed by atoms with Gasteiger partial charge in [0.15, 0.2) is 0 Å². The fourth-order valence-corrected chi connectivity index (χ4v) is 3.32. The second-order valence-corrected chi connectivity index (χ2v) is 7.02. The van der Waals surface area contributed by atoms with Gasteiger partial charge >= 0.3 is 6.18 Å². The normalized spacial score (nSPS) is 16.2. The van der Waals surface area contributed by atoms with Crippen LogP contribution in [0.25, 0.3) is 0 Å². The number of benzene rings is 1. The van der Waals surface area contributed by atoms with E-state index in [1.165, 1.54) is 35.9 Å². The number of carbonyl (C=O) groups is 1. The second-order valence-electron chi connectivity index (χ2n) is 6.61. The van der Waals surface area contributed by atoms with Crippen molar-refractivity contribution in [2.24, 2.45) is 0 Å². The van der Waals surface area contributed by atoms with Crippen LogP contribution in [0.5, 0.6) is 0 Å². The van der Waals surface area contributed by atoms with Gasteiger partial charge in [0, 0.05) is 25.0 Å². The number of rotatable bonds is 3. The molecule has 1 atom stereocenters. The van der Waals surface area contributed by atoms with Crippen LogP contribution in [0, 0.1) is 24.1 Å². The molecule has 0 unspecified atom stereocenters. The monoisotopic (exact) mass is 426 g/mol. The van der Waals surface area contributed by atoms with Crippen LogP contribution in [0.3, 0.4) is 0 Å². The molecule has 152 valence electrons. The molecule has 1 amide bonds. The Morgan fingerprint density at radius 1 is 1.38 bits per heavy atom. The van der Waals surface area contributed by atoms with E-state index in [-0.39, 0.29) is 23.1 Å². The predicted octanol–water partition coefficient (Wildman–Crippen LogP) is 4.31. The number of hydrogen-bond acceptors (Lipinski definition) is 4. The Bertz CT molecular complexity index is 1020. The number of anilines is 2. The molecule has 0 spiro atoms. The first-order chi connectivity index (χ1) is 13.5. The Morgan fingerprint density at radius 3 is 2.59 bits per heavy atom. The molecule has 3 rings (SSSR count). The minimum absolute atomic E-state index is 0.0862. The number of aromatic nitrogens is 1. The van der Waals surface area contributed by atoms with E-state index < -0.39 is 35.1 Å². The third-order valence-corrected chi connectivity index (χ3v) is 5.03. The number of aryl methyl sites for hydroxylation is 1. The second kappa shape index (κ2) is 7.52. The summed E-state index contributed by atoms with van der Waals surface area (Å²) in [6.07, 6.45) is -4.35.